The first-order valence-electron chi connectivity index (χ1n) is 7.43. The fourth-order valence-corrected chi connectivity index (χ4v) is 2.00. The molecule has 0 fully saturated rings. The van der Waals surface area contributed by atoms with Gasteiger partial charge in [0.2, 0.25) is 0 Å². The van der Waals surface area contributed by atoms with Crippen LogP contribution in [0.25, 0.3) is 0 Å². The summed E-state index contributed by atoms with van der Waals surface area (Å²) in [7, 11) is 3.97. The summed E-state index contributed by atoms with van der Waals surface area (Å²) in [6.07, 6.45) is 1.38. The minimum Gasteiger partial charge on any atom is -0.481 e. The number of carbonyl (C=O) groups is 2. The zero-order chi connectivity index (χ0) is 16.6. The Morgan fingerprint density at radius 1 is 1.24 bits per heavy atom. The van der Waals surface area contributed by atoms with Gasteiger partial charge in [-0.25, -0.2) is 4.79 Å². The van der Waals surface area contributed by atoms with Crippen molar-refractivity contribution >= 4 is 12.0 Å². The maximum absolute atomic E-state index is 11.8. The Morgan fingerprint density at radius 2 is 1.81 bits per heavy atom. The molecule has 0 aromatic rings. The topological polar surface area (TPSA) is 81.7 Å². The fraction of sp³-hybridized carbons (Fsp3) is 0.867. The number of urea groups is 1. The average molecular weight is 301 g/mol. The fourth-order valence-electron chi connectivity index (χ4n) is 2.00. The second-order valence-electron chi connectivity index (χ2n) is 7.15. The van der Waals surface area contributed by atoms with Crippen molar-refractivity contribution < 1.29 is 14.7 Å². The van der Waals surface area contributed by atoms with E-state index in [4.69, 9.17) is 0 Å². The number of rotatable bonds is 8. The van der Waals surface area contributed by atoms with Crippen LogP contribution in [0.4, 0.5) is 4.79 Å². The van der Waals surface area contributed by atoms with Gasteiger partial charge in [0.25, 0.3) is 0 Å². The van der Waals surface area contributed by atoms with Crippen molar-refractivity contribution in [2.24, 2.45) is 11.3 Å². The van der Waals surface area contributed by atoms with E-state index in [0.29, 0.717) is 6.42 Å². The van der Waals surface area contributed by atoms with Crippen LogP contribution in [-0.4, -0.2) is 55.2 Å². The number of carbonyl (C=O) groups excluding carboxylic acids is 1. The molecule has 21 heavy (non-hydrogen) atoms. The summed E-state index contributed by atoms with van der Waals surface area (Å²) in [4.78, 5) is 25.0. The SMILES string of the molecule is CC(CCN(C)C)NC(=O)NCC(CC(C)(C)C)C(=O)O. The van der Waals surface area contributed by atoms with E-state index in [0.717, 1.165) is 13.0 Å². The Bertz CT molecular complexity index is 338. The molecule has 0 heterocycles. The summed E-state index contributed by atoms with van der Waals surface area (Å²) >= 11 is 0. The molecule has 124 valence electrons. The van der Waals surface area contributed by atoms with Crippen LogP contribution in [-0.2, 0) is 4.79 Å². The number of amides is 2. The minimum atomic E-state index is -0.870. The van der Waals surface area contributed by atoms with Crippen molar-refractivity contribution in [1.82, 2.24) is 15.5 Å². The summed E-state index contributed by atoms with van der Waals surface area (Å²) in [5.74, 6) is -1.43. The second kappa shape index (κ2) is 8.87. The number of hydrogen-bond acceptors (Lipinski definition) is 3. The van der Waals surface area contributed by atoms with E-state index in [1.165, 1.54) is 0 Å². The number of aliphatic carboxylic acids is 1. The summed E-state index contributed by atoms with van der Waals surface area (Å²) in [6.45, 7) is 8.96. The van der Waals surface area contributed by atoms with Crippen LogP contribution in [0.2, 0.25) is 0 Å². The smallest absolute Gasteiger partial charge is 0.315 e. The molecule has 0 aliphatic rings. The highest BCUT2D eigenvalue weighted by atomic mass is 16.4. The van der Waals surface area contributed by atoms with Gasteiger partial charge in [0, 0.05) is 12.6 Å². The molecule has 0 aromatic carbocycles. The van der Waals surface area contributed by atoms with Crippen LogP contribution in [0, 0.1) is 11.3 Å². The molecule has 0 rings (SSSR count). The third-order valence-corrected chi connectivity index (χ3v) is 3.10. The van der Waals surface area contributed by atoms with Gasteiger partial charge in [-0.3, -0.25) is 4.79 Å². The van der Waals surface area contributed by atoms with Gasteiger partial charge in [0.05, 0.1) is 5.92 Å². The zero-order valence-corrected chi connectivity index (χ0v) is 14.2. The molecule has 2 amide bonds. The lowest BCUT2D eigenvalue weighted by atomic mass is 9.84. The maximum Gasteiger partial charge on any atom is 0.315 e. The van der Waals surface area contributed by atoms with E-state index < -0.39 is 11.9 Å². The van der Waals surface area contributed by atoms with Crippen LogP contribution < -0.4 is 10.6 Å². The first-order chi connectivity index (χ1) is 9.51. The summed E-state index contributed by atoms with van der Waals surface area (Å²) in [6, 6.07) is -0.250. The average Bonchev–Trinajstić information content (AvgIpc) is 2.30. The van der Waals surface area contributed by atoms with Crippen LogP contribution in [0.1, 0.15) is 40.5 Å². The van der Waals surface area contributed by atoms with Crippen LogP contribution in [0.3, 0.4) is 0 Å². The standard InChI is InChI=1S/C15H31N3O3/c1-11(7-8-18(5)6)17-14(21)16-10-12(13(19)20)9-15(2,3)4/h11-12H,7-10H2,1-6H3,(H,19,20)(H2,16,17,21). The summed E-state index contributed by atoms with van der Waals surface area (Å²) in [5.41, 5.74) is -0.0831. The molecule has 2 atom stereocenters. The molecule has 3 N–H and O–H groups in total. The van der Waals surface area contributed by atoms with E-state index in [9.17, 15) is 14.7 Å². The minimum absolute atomic E-state index is 0.0540. The molecule has 0 bridgehead atoms. The van der Waals surface area contributed by atoms with Crippen molar-refractivity contribution in [3.05, 3.63) is 0 Å². The monoisotopic (exact) mass is 301 g/mol. The normalized spacial score (nSPS) is 14.6. The predicted molar refractivity (Wildman–Crippen MR) is 84.4 cm³/mol. The quantitative estimate of drug-likeness (QED) is 0.638. The molecule has 0 radical (unpaired) electrons. The molecular formula is C15H31N3O3. The van der Waals surface area contributed by atoms with Crippen molar-refractivity contribution in [1.29, 1.82) is 0 Å². The van der Waals surface area contributed by atoms with Crippen LogP contribution in [0.15, 0.2) is 0 Å². The number of nitrogens with zero attached hydrogens (tertiary/aromatic N) is 1. The van der Waals surface area contributed by atoms with Crippen molar-refractivity contribution in [3.63, 3.8) is 0 Å². The number of carboxylic acid groups (broad SMARTS) is 1. The zero-order valence-electron chi connectivity index (χ0n) is 14.2. The summed E-state index contributed by atoms with van der Waals surface area (Å²) in [5, 5.41) is 14.7. The van der Waals surface area contributed by atoms with E-state index in [1.807, 2.05) is 41.8 Å². The highest BCUT2D eigenvalue weighted by Gasteiger charge is 2.25. The van der Waals surface area contributed by atoms with Gasteiger partial charge in [0.1, 0.15) is 0 Å². The Hall–Kier alpha value is -1.30. The largest absolute Gasteiger partial charge is 0.481 e. The highest BCUT2D eigenvalue weighted by molar-refractivity contribution is 5.76. The third-order valence-electron chi connectivity index (χ3n) is 3.10. The van der Waals surface area contributed by atoms with E-state index in [1.54, 1.807) is 0 Å². The summed E-state index contributed by atoms with van der Waals surface area (Å²) < 4.78 is 0. The van der Waals surface area contributed by atoms with Gasteiger partial charge in [-0.05, 0) is 45.8 Å². The molecule has 0 spiro atoms. The van der Waals surface area contributed by atoms with Crippen molar-refractivity contribution in [2.45, 2.75) is 46.6 Å². The lowest BCUT2D eigenvalue weighted by molar-refractivity contribution is -0.142. The Morgan fingerprint density at radius 3 is 2.24 bits per heavy atom. The number of nitrogens with one attached hydrogen (secondary N) is 2. The second-order valence-corrected chi connectivity index (χ2v) is 7.15. The molecule has 0 saturated carbocycles. The van der Waals surface area contributed by atoms with Crippen LogP contribution >= 0.6 is 0 Å². The predicted octanol–water partition coefficient (Wildman–Crippen LogP) is 1.76. The van der Waals surface area contributed by atoms with E-state index in [-0.39, 0.29) is 24.0 Å². The molecule has 2 unspecified atom stereocenters. The van der Waals surface area contributed by atoms with Crippen molar-refractivity contribution in [2.75, 3.05) is 27.2 Å². The lowest BCUT2D eigenvalue weighted by Crippen LogP contribution is -2.44. The first kappa shape index (κ1) is 19.7. The van der Waals surface area contributed by atoms with Gasteiger partial charge in [-0.2, -0.15) is 0 Å². The van der Waals surface area contributed by atoms with Gasteiger partial charge in [-0.1, -0.05) is 20.8 Å². The molecular weight excluding hydrogens is 270 g/mol. The van der Waals surface area contributed by atoms with Gasteiger partial charge in [-0.15, -0.1) is 0 Å². The van der Waals surface area contributed by atoms with E-state index in [2.05, 4.69) is 15.5 Å². The van der Waals surface area contributed by atoms with Gasteiger partial charge < -0.3 is 20.6 Å². The number of carboxylic acids is 1. The molecule has 0 aliphatic heterocycles. The maximum atomic E-state index is 11.8. The van der Waals surface area contributed by atoms with Gasteiger partial charge >= 0.3 is 12.0 Å². The third kappa shape index (κ3) is 11.1. The Balaban J connectivity index is 4.16. The lowest BCUT2D eigenvalue weighted by Gasteiger charge is -2.24. The molecule has 6 nitrogen and oxygen atoms in total. The first-order valence-corrected chi connectivity index (χ1v) is 7.43. The van der Waals surface area contributed by atoms with Gasteiger partial charge in [0.15, 0.2) is 0 Å². The molecule has 0 saturated heterocycles. The number of hydrogen-bond donors (Lipinski definition) is 3. The highest BCUT2D eigenvalue weighted by Crippen LogP contribution is 2.24. The van der Waals surface area contributed by atoms with Crippen LogP contribution in [0.5, 0.6) is 0 Å². The Kier molecular flexibility index (Phi) is 8.32. The molecule has 6 heteroatoms. The molecule has 0 aromatic heterocycles. The van der Waals surface area contributed by atoms with E-state index >= 15 is 0 Å². The molecule has 0 aliphatic carbocycles. The van der Waals surface area contributed by atoms with Crippen molar-refractivity contribution in [3.8, 4) is 0 Å². The Labute approximate surface area is 128 Å².